The predicted molar refractivity (Wildman–Crippen MR) is 54.8 cm³/mol. The van der Waals surface area contributed by atoms with E-state index in [0.717, 1.165) is 6.42 Å². The van der Waals surface area contributed by atoms with Crippen molar-refractivity contribution >= 4 is 17.5 Å². The van der Waals surface area contributed by atoms with Crippen molar-refractivity contribution in [1.29, 1.82) is 0 Å². The Labute approximate surface area is 87.9 Å². The van der Waals surface area contributed by atoms with Crippen LogP contribution < -0.4 is 10.1 Å². The van der Waals surface area contributed by atoms with E-state index in [0.29, 0.717) is 5.95 Å². The van der Waals surface area contributed by atoms with Crippen LogP contribution in [-0.2, 0) is 0 Å². The summed E-state index contributed by atoms with van der Waals surface area (Å²) in [6.07, 6.45) is 0.955. The van der Waals surface area contributed by atoms with Gasteiger partial charge in [0.25, 0.3) is 0 Å². The Kier molecular flexibility index (Phi) is 3.88. The van der Waals surface area contributed by atoms with Gasteiger partial charge in [-0.05, 0) is 24.9 Å². The van der Waals surface area contributed by atoms with Gasteiger partial charge in [0, 0.05) is 7.05 Å². The molecular formula is C8H13ClN4O. The summed E-state index contributed by atoms with van der Waals surface area (Å²) in [4.78, 5) is 11.7. The van der Waals surface area contributed by atoms with E-state index in [1.165, 1.54) is 0 Å². The highest BCUT2D eigenvalue weighted by molar-refractivity contribution is 6.28. The number of rotatable bonds is 4. The van der Waals surface area contributed by atoms with E-state index in [1.54, 1.807) is 7.05 Å². The van der Waals surface area contributed by atoms with E-state index in [2.05, 4.69) is 20.3 Å². The van der Waals surface area contributed by atoms with E-state index in [4.69, 9.17) is 16.3 Å². The highest BCUT2D eigenvalue weighted by Crippen LogP contribution is 2.12. The van der Waals surface area contributed by atoms with Gasteiger partial charge in [-0.15, -0.1) is 0 Å². The normalized spacial score (nSPS) is 12.3. The maximum absolute atomic E-state index is 5.67. The zero-order valence-corrected chi connectivity index (χ0v) is 9.17. The number of ether oxygens (including phenoxy) is 1. The molecule has 1 unspecified atom stereocenters. The smallest absolute Gasteiger partial charge is 0.322 e. The topological polar surface area (TPSA) is 59.9 Å². The average molecular weight is 217 g/mol. The van der Waals surface area contributed by atoms with Crippen molar-refractivity contribution in [3.05, 3.63) is 5.28 Å². The molecule has 0 saturated heterocycles. The molecule has 5 nitrogen and oxygen atoms in total. The van der Waals surface area contributed by atoms with Crippen molar-refractivity contribution < 1.29 is 4.74 Å². The molecule has 14 heavy (non-hydrogen) atoms. The van der Waals surface area contributed by atoms with Crippen molar-refractivity contribution in [2.45, 2.75) is 26.4 Å². The predicted octanol–water partition coefficient (Wildman–Crippen LogP) is 1.74. The fraction of sp³-hybridized carbons (Fsp3) is 0.625. The van der Waals surface area contributed by atoms with Crippen molar-refractivity contribution in [1.82, 2.24) is 15.0 Å². The van der Waals surface area contributed by atoms with Gasteiger partial charge in [-0.25, -0.2) is 0 Å². The number of nitrogens with one attached hydrogen (secondary N) is 1. The van der Waals surface area contributed by atoms with Crippen LogP contribution in [0.15, 0.2) is 0 Å². The third kappa shape index (κ3) is 2.99. The summed E-state index contributed by atoms with van der Waals surface area (Å²) in [5, 5.41) is 2.90. The Morgan fingerprint density at radius 2 is 2.14 bits per heavy atom. The van der Waals surface area contributed by atoms with Gasteiger partial charge >= 0.3 is 6.01 Å². The molecule has 6 heteroatoms. The minimum absolute atomic E-state index is 0.0678. The fourth-order valence-corrected chi connectivity index (χ4v) is 0.912. The van der Waals surface area contributed by atoms with Crippen LogP contribution in [0.5, 0.6) is 6.01 Å². The van der Waals surface area contributed by atoms with Crippen LogP contribution in [-0.4, -0.2) is 28.1 Å². The molecule has 0 saturated carbocycles. The molecule has 0 spiro atoms. The van der Waals surface area contributed by atoms with Crippen molar-refractivity contribution in [3.8, 4) is 6.01 Å². The number of anilines is 1. The Morgan fingerprint density at radius 1 is 1.43 bits per heavy atom. The third-order valence-electron chi connectivity index (χ3n) is 1.69. The quantitative estimate of drug-likeness (QED) is 0.831. The lowest BCUT2D eigenvalue weighted by atomic mass is 10.3. The van der Waals surface area contributed by atoms with Crippen LogP contribution in [0, 0.1) is 0 Å². The van der Waals surface area contributed by atoms with E-state index >= 15 is 0 Å². The molecule has 0 aliphatic rings. The number of aromatic nitrogens is 3. The lowest BCUT2D eigenvalue weighted by Gasteiger charge is -2.10. The van der Waals surface area contributed by atoms with Gasteiger partial charge in [0.15, 0.2) is 0 Å². The van der Waals surface area contributed by atoms with E-state index in [-0.39, 0.29) is 17.4 Å². The molecule has 0 aliphatic carbocycles. The summed E-state index contributed by atoms with van der Waals surface area (Å²) < 4.78 is 5.40. The average Bonchev–Trinajstić information content (AvgIpc) is 2.16. The maximum atomic E-state index is 5.67. The molecule has 1 N–H and O–H groups in total. The van der Waals surface area contributed by atoms with E-state index in [1.807, 2.05) is 13.8 Å². The highest BCUT2D eigenvalue weighted by Gasteiger charge is 2.07. The van der Waals surface area contributed by atoms with Gasteiger partial charge < -0.3 is 10.1 Å². The summed E-state index contributed by atoms with van der Waals surface area (Å²) >= 11 is 5.67. The van der Waals surface area contributed by atoms with Crippen molar-refractivity contribution in [2.24, 2.45) is 0 Å². The zero-order valence-electron chi connectivity index (χ0n) is 8.41. The summed E-state index contributed by atoms with van der Waals surface area (Å²) in [6.45, 7) is 3.96. The lowest BCUT2D eigenvalue weighted by Crippen LogP contribution is -2.13. The van der Waals surface area contributed by atoms with Gasteiger partial charge in [-0.1, -0.05) is 6.92 Å². The molecular weight excluding hydrogens is 204 g/mol. The van der Waals surface area contributed by atoms with Crippen LogP contribution in [0.3, 0.4) is 0 Å². The molecule has 0 bridgehead atoms. The molecule has 1 rings (SSSR count). The van der Waals surface area contributed by atoms with Gasteiger partial charge in [0.05, 0.1) is 6.10 Å². The van der Waals surface area contributed by atoms with Crippen molar-refractivity contribution in [3.63, 3.8) is 0 Å². The van der Waals surface area contributed by atoms with E-state index in [9.17, 15) is 0 Å². The summed E-state index contributed by atoms with van der Waals surface area (Å²) in [5.74, 6) is 0.406. The molecule has 1 atom stereocenters. The van der Waals surface area contributed by atoms with Crippen molar-refractivity contribution in [2.75, 3.05) is 12.4 Å². The molecule has 1 aromatic heterocycles. The molecule has 0 aromatic carbocycles. The van der Waals surface area contributed by atoms with Crippen LogP contribution in [0.4, 0.5) is 5.95 Å². The summed E-state index contributed by atoms with van der Waals surface area (Å²) in [7, 11) is 1.71. The molecule has 1 heterocycles. The molecule has 0 amide bonds. The lowest BCUT2D eigenvalue weighted by molar-refractivity contribution is 0.199. The van der Waals surface area contributed by atoms with Crippen LogP contribution in [0.2, 0.25) is 5.28 Å². The number of hydrogen-bond acceptors (Lipinski definition) is 5. The molecule has 0 radical (unpaired) electrons. The van der Waals surface area contributed by atoms with Gasteiger partial charge in [0.1, 0.15) is 0 Å². The Bertz CT molecular complexity index is 307. The second-order valence-corrected chi connectivity index (χ2v) is 3.14. The first-order valence-electron chi connectivity index (χ1n) is 4.41. The third-order valence-corrected chi connectivity index (χ3v) is 1.86. The standard InChI is InChI=1S/C8H13ClN4O/c1-4-5(2)14-8-12-6(9)11-7(10-3)13-8/h5H,4H2,1-3H3,(H,10,11,12,13). The first-order valence-corrected chi connectivity index (χ1v) is 4.79. The molecule has 78 valence electrons. The first-order chi connectivity index (χ1) is 6.65. The summed E-state index contributed by atoms with van der Waals surface area (Å²) in [5.41, 5.74) is 0. The van der Waals surface area contributed by atoms with E-state index < -0.39 is 0 Å². The SMILES string of the molecule is CCC(C)Oc1nc(Cl)nc(NC)n1. The minimum Gasteiger partial charge on any atom is -0.460 e. The molecule has 0 aliphatic heterocycles. The zero-order chi connectivity index (χ0) is 10.6. The summed E-state index contributed by atoms with van der Waals surface area (Å²) in [6, 6.07) is 0.253. The molecule has 1 aromatic rings. The molecule has 0 fully saturated rings. The number of halogens is 1. The Hall–Kier alpha value is -1.10. The Balaban J connectivity index is 2.81. The van der Waals surface area contributed by atoms with Crippen LogP contribution in [0.1, 0.15) is 20.3 Å². The first kappa shape index (κ1) is 11.0. The largest absolute Gasteiger partial charge is 0.460 e. The van der Waals surface area contributed by atoms with Gasteiger partial charge in [0.2, 0.25) is 11.2 Å². The minimum atomic E-state index is 0.0678. The maximum Gasteiger partial charge on any atom is 0.322 e. The Morgan fingerprint density at radius 3 is 2.71 bits per heavy atom. The van der Waals surface area contributed by atoms with Crippen LogP contribution in [0.25, 0.3) is 0 Å². The highest BCUT2D eigenvalue weighted by atomic mass is 35.5. The van der Waals surface area contributed by atoms with Gasteiger partial charge in [-0.2, -0.15) is 15.0 Å². The van der Waals surface area contributed by atoms with Gasteiger partial charge in [-0.3, -0.25) is 0 Å². The second-order valence-electron chi connectivity index (χ2n) is 2.80. The monoisotopic (exact) mass is 216 g/mol. The number of hydrogen-bond donors (Lipinski definition) is 1. The number of nitrogens with zero attached hydrogens (tertiary/aromatic N) is 3. The second kappa shape index (κ2) is 4.95. The fourth-order valence-electron chi connectivity index (χ4n) is 0.760. The van der Waals surface area contributed by atoms with Crippen LogP contribution >= 0.6 is 11.6 Å².